The summed E-state index contributed by atoms with van der Waals surface area (Å²) in [6.45, 7) is 0.722. The maximum Gasteiger partial charge on any atom is 0.242 e. The summed E-state index contributed by atoms with van der Waals surface area (Å²) in [4.78, 5) is 19.3. The van der Waals surface area contributed by atoms with Gasteiger partial charge >= 0.3 is 0 Å². The molecule has 1 aliphatic heterocycles. The molecule has 19 heavy (non-hydrogen) atoms. The molecule has 1 fully saturated rings. The highest BCUT2D eigenvalue weighted by atomic mass is 32.1. The summed E-state index contributed by atoms with van der Waals surface area (Å²) in [7, 11) is 1.65. The normalized spacial score (nSPS) is 19.3. The Morgan fingerprint density at radius 1 is 1.68 bits per heavy atom. The number of aliphatic hydroxyl groups excluding tert-OH is 1. The van der Waals surface area contributed by atoms with E-state index in [2.05, 4.69) is 10.3 Å². The highest BCUT2D eigenvalue weighted by molar-refractivity contribution is 7.15. The molecule has 102 valence electrons. The molecule has 0 saturated carbocycles. The maximum absolute atomic E-state index is 11.9. The third-order valence-corrected chi connectivity index (χ3v) is 4.32. The van der Waals surface area contributed by atoms with E-state index < -0.39 is 0 Å². The summed E-state index contributed by atoms with van der Waals surface area (Å²) in [5, 5.41) is 14.2. The number of amides is 1. The predicted octanol–water partition coefficient (Wildman–Crippen LogP) is 0.603. The second kappa shape index (κ2) is 4.82. The fourth-order valence-electron chi connectivity index (χ4n) is 2.66. The lowest BCUT2D eigenvalue weighted by molar-refractivity contribution is -0.121. The van der Waals surface area contributed by atoms with Gasteiger partial charge in [0.25, 0.3) is 0 Å². The van der Waals surface area contributed by atoms with Gasteiger partial charge < -0.3 is 15.3 Å². The summed E-state index contributed by atoms with van der Waals surface area (Å²) in [6, 6.07) is -0.181. The van der Waals surface area contributed by atoms with Crippen LogP contribution in [0.25, 0.3) is 4.96 Å². The van der Waals surface area contributed by atoms with Crippen molar-refractivity contribution in [3.05, 3.63) is 17.3 Å². The van der Waals surface area contributed by atoms with Crippen molar-refractivity contribution in [3.63, 3.8) is 0 Å². The smallest absolute Gasteiger partial charge is 0.242 e. The molecule has 1 unspecified atom stereocenters. The van der Waals surface area contributed by atoms with Crippen LogP contribution >= 0.6 is 11.3 Å². The van der Waals surface area contributed by atoms with Gasteiger partial charge in [-0.25, -0.2) is 4.98 Å². The summed E-state index contributed by atoms with van der Waals surface area (Å²) >= 11 is 1.53. The van der Waals surface area contributed by atoms with Gasteiger partial charge in [0.2, 0.25) is 5.91 Å². The molecule has 7 heteroatoms. The minimum Gasteiger partial charge on any atom is -0.390 e. The van der Waals surface area contributed by atoms with Crippen molar-refractivity contribution in [3.8, 4) is 0 Å². The van der Waals surface area contributed by atoms with Crippen LogP contribution in [0.1, 0.15) is 18.5 Å². The van der Waals surface area contributed by atoms with Gasteiger partial charge in [-0.3, -0.25) is 9.20 Å². The first-order valence-corrected chi connectivity index (χ1v) is 7.17. The minimum atomic E-state index is -0.181. The van der Waals surface area contributed by atoms with Crippen molar-refractivity contribution in [1.29, 1.82) is 0 Å². The van der Waals surface area contributed by atoms with Gasteiger partial charge in [-0.05, 0) is 12.8 Å². The molecule has 0 bridgehead atoms. The SMILES string of the molecule is CNC(=O)C1CCCN1c1nc2sccn2c1CO. The molecule has 0 aromatic carbocycles. The largest absolute Gasteiger partial charge is 0.390 e. The number of carbonyl (C=O) groups is 1. The van der Waals surface area contributed by atoms with E-state index >= 15 is 0 Å². The van der Waals surface area contributed by atoms with E-state index in [-0.39, 0.29) is 18.6 Å². The first kappa shape index (κ1) is 12.4. The van der Waals surface area contributed by atoms with E-state index in [9.17, 15) is 9.90 Å². The molecule has 3 rings (SSSR count). The third kappa shape index (κ3) is 1.89. The van der Waals surface area contributed by atoms with Gasteiger partial charge in [-0.2, -0.15) is 0 Å². The van der Waals surface area contributed by atoms with Crippen molar-refractivity contribution < 1.29 is 9.90 Å². The van der Waals surface area contributed by atoms with Crippen LogP contribution in [-0.2, 0) is 11.4 Å². The van der Waals surface area contributed by atoms with Crippen molar-refractivity contribution in [2.45, 2.75) is 25.5 Å². The summed E-state index contributed by atoms with van der Waals surface area (Å²) in [6.07, 6.45) is 3.69. The number of aromatic nitrogens is 2. The lowest BCUT2D eigenvalue weighted by Gasteiger charge is -2.24. The number of carbonyl (C=O) groups excluding carboxylic acids is 1. The number of rotatable bonds is 3. The number of nitrogens with zero attached hydrogens (tertiary/aromatic N) is 3. The Kier molecular flexibility index (Phi) is 3.16. The molecule has 0 aliphatic carbocycles. The number of imidazole rings is 1. The Morgan fingerprint density at radius 2 is 2.53 bits per heavy atom. The van der Waals surface area contributed by atoms with Crippen LogP contribution in [0.5, 0.6) is 0 Å². The number of fused-ring (bicyclic) bond motifs is 1. The number of anilines is 1. The average Bonchev–Trinajstić information content (AvgIpc) is 3.10. The topological polar surface area (TPSA) is 69.9 Å². The molecular formula is C12H16N4O2S. The molecule has 2 aromatic rings. The van der Waals surface area contributed by atoms with Crippen molar-refractivity contribution >= 4 is 28.0 Å². The van der Waals surface area contributed by atoms with Gasteiger partial charge in [0.05, 0.1) is 12.3 Å². The van der Waals surface area contributed by atoms with E-state index in [0.717, 1.165) is 35.9 Å². The van der Waals surface area contributed by atoms with Crippen molar-refractivity contribution in [2.75, 3.05) is 18.5 Å². The first-order valence-electron chi connectivity index (χ1n) is 6.29. The van der Waals surface area contributed by atoms with E-state index in [4.69, 9.17) is 0 Å². The van der Waals surface area contributed by atoms with E-state index in [1.54, 1.807) is 7.05 Å². The third-order valence-electron chi connectivity index (χ3n) is 3.56. The first-order chi connectivity index (χ1) is 9.26. The van der Waals surface area contributed by atoms with Crippen LogP contribution in [-0.4, -0.2) is 40.0 Å². The fraction of sp³-hybridized carbons (Fsp3) is 0.500. The van der Waals surface area contributed by atoms with Gasteiger partial charge in [-0.1, -0.05) is 0 Å². The van der Waals surface area contributed by atoms with Gasteiger partial charge in [0, 0.05) is 25.2 Å². The molecule has 1 atom stereocenters. The second-order valence-electron chi connectivity index (χ2n) is 4.56. The predicted molar refractivity (Wildman–Crippen MR) is 73.4 cm³/mol. The Bertz CT molecular complexity index is 606. The molecule has 1 saturated heterocycles. The molecule has 2 aromatic heterocycles. The van der Waals surface area contributed by atoms with Crippen LogP contribution in [0, 0.1) is 0 Å². The monoisotopic (exact) mass is 280 g/mol. The highest BCUT2D eigenvalue weighted by Crippen LogP contribution is 2.30. The second-order valence-corrected chi connectivity index (χ2v) is 5.43. The molecular weight excluding hydrogens is 264 g/mol. The average molecular weight is 280 g/mol. The molecule has 1 amide bonds. The molecule has 3 heterocycles. The molecule has 6 nitrogen and oxygen atoms in total. The van der Waals surface area contributed by atoms with E-state index in [1.807, 2.05) is 20.9 Å². The zero-order valence-corrected chi connectivity index (χ0v) is 11.5. The molecule has 0 radical (unpaired) electrons. The summed E-state index contributed by atoms with van der Waals surface area (Å²) in [5.41, 5.74) is 0.757. The molecule has 2 N–H and O–H groups in total. The Morgan fingerprint density at radius 3 is 3.26 bits per heavy atom. The fourth-order valence-corrected chi connectivity index (χ4v) is 3.39. The molecule has 1 aliphatic rings. The van der Waals surface area contributed by atoms with Crippen LogP contribution in [0.3, 0.4) is 0 Å². The number of thiazole rings is 1. The van der Waals surface area contributed by atoms with Gasteiger partial charge in [0.1, 0.15) is 6.04 Å². The number of nitrogens with one attached hydrogen (secondary N) is 1. The summed E-state index contributed by atoms with van der Waals surface area (Å²) < 4.78 is 1.89. The zero-order valence-electron chi connectivity index (χ0n) is 10.7. The lowest BCUT2D eigenvalue weighted by atomic mass is 10.2. The Hall–Kier alpha value is -1.60. The standard InChI is InChI=1S/C12H16N4O2S/c1-13-11(18)8-3-2-4-15(8)10-9(7-17)16-5-6-19-12(16)14-10/h5-6,8,17H,2-4,7H2,1H3,(H,13,18). The Labute approximate surface area is 114 Å². The van der Waals surface area contributed by atoms with E-state index in [1.165, 1.54) is 11.3 Å². The van der Waals surface area contributed by atoms with Crippen LogP contribution < -0.4 is 10.2 Å². The summed E-state index contributed by atoms with van der Waals surface area (Å²) in [5.74, 6) is 0.748. The lowest BCUT2D eigenvalue weighted by Crippen LogP contribution is -2.42. The maximum atomic E-state index is 11.9. The number of likely N-dealkylation sites (N-methyl/N-ethyl adjacent to an activating group) is 1. The Balaban J connectivity index is 2.03. The van der Waals surface area contributed by atoms with Crippen LogP contribution in [0.15, 0.2) is 11.6 Å². The van der Waals surface area contributed by atoms with E-state index in [0.29, 0.717) is 0 Å². The van der Waals surface area contributed by atoms with Crippen molar-refractivity contribution in [2.24, 2.45) is 0 Å². The number of aliphatic hydroxyl groups is 1. The number of hydrogen-bond acceptors (Lipinski definition) is 5. The number of hydrogen-bond donors (Lipinski definition) is 2. The molecule has 0 spiro atoms. The highest BCUT2D eigenvalue weighted by Gasteiger charge is 2.33. The van der Waals surface area contributed by atoms with Gasteiger partial charge in [0.15, 0.2) is 10.8 Å². The van der Waals surface area contributed by atoms with Crippen molar-refractivity contribution in [1.82, 2.24) is 14.7 Å². The van der Waals surface area contributed by atoms with Crippen LogP contribution in [0.4, 0.5) is 5.82 Å². The minimum absolute atomic E-state index is 0.0118. The van der Waals surface area contributed by atoms with Gasteiger partial charge in [-0.15, -0.1) is 11.3 Å². The van der Waals surface area contributed by atoms with Crippen LogP contribution in [0.2, 0.25) is 0 Å². The zero-order chi connectivity index (χ0) is 13.4. The quantitative estimate of drug-likeness (QED) is 0.864.